The minimum Gasteiger partial charge on any atom is -0.510 e. The first-order valence-electron chi connectivity index (χ1n) is 29.0. The topological polar surface area (TPSA) is 35.9 Å². The van der Waals surface area contributed by atoms with Crippen LogP contribution in [0.3, 0.4) is 0 Å². The van der Waals surface area contributed by atoms with E-state index in [1.165, 1.54) is 38.9 Å². The van der Waals surface area contributed by atoms with Crippen molar-refractivity contribution >= 4 is 21.8 Å². The van der Waals surface area contributed by atoms with Gasteiger partial charge in [-0.15, -0.1) is 35.2 Å². The molecule has 0 spiro atoms. The first-order chi connectivity index (χ1) is 38.8. The van der Waals surface area contributed by atoms with Gasteiger partial charge in [-0.25, -0.2) is 4.98 Å². The molecule has 3 heterocycles. The minimum absolute atomic E-state index is 0. The van der Waals surface area contributed by atoms with Gasteiger partial charge < -0.3 is 13.9 Å². The number of fused-ring (bicyclic) bond motifs is 3. The van der Waals surface area contributed by atoms with E-state index in [9.17, 15) is 0 Å². The first-order valence-corrected chi connectivity index (χ1v) is 29.0. The van der Waals surface area contributed by atoms with Crippen LogP contribution in [0.15, 0.2) is 200 Å². The molecule has 0 N–H and O–H groups in total. The van der Waals surface area contributed by atoms with E-state index in [-0.39, 0.29) is 42.7 Å². The van der Waals surface area contributed by atoms with E-state index >= 15 is 0 Å². The first kappa shape index (κ1) is 58.6. The maximum absolute atomic E-state index is 7.19. The summed E-state index contributed by atoms with van der Waals surface area (Å²) < 4.78 is 14.1. The fourth-order valence-corrected chi connectivity index (χ4v) is 11.8. The zero-order valence-electron chi connectivity index (χ0n) is 51.1. The van der Waals surface area contributed by atoms with Crippen LogP contribution in [0.1, 0.15) is 154 Å². The maximum atomic E-state index is 7.19. The largest absolute Gasteiger partial charge is 0.510 e. The number of ether oxygens (including phenoxy) is 1. The van der Waals surface area contributed by atoms with Crippen molar-refractivity contribution in [1.82, 2.24) is 14.1 Å². The molecule has 0 unspecified atom stereocenters. The molecular weight excluding hydrogens is 1190 g/mol. The van der Waals surface area contributed by atoms with Gasteiger partial charge in [0, 0.05) is 60.5 Å². The Balaban J connectivity index is 0.00000769. The van der Waals surface area contributed by atoms with Crippen molar-refractivity contribution < 1.29 is 30.4 Å². The third kappa shape index (κ3) is 11.2. The van der Waals surface area contributed by atoms with Crippen molar-refractivity contribution in [2.45, 2.75) is 136 Å². The zero-order valence-corrected chi connectivity index (χ0v) is 53.3. The van der Waals surface area contributed by atoms with Crippen molar-refractivity contribution in [3.63, 3.8) is 0 Å². The minimum atomic E-state index is -0.576. The molecule has 0 radical (unpaired) electrons. The number of rotatable bonds is 12. The maximum Gasteiger partial charge on any atom is 0.267 e. The molecule has 8 aromatic carbocycles. The van der Waals surface area contributed by atoms with E-state index in [1.807, 2.05) is 6.20 Å². The van der Waals surface area contributed by atoms with Crippen molar-refractivity contribution in [2.75, 3.05) is 0 Å². The van der Waals surface area contributed by atoms with Crippen molar-refractivity contribution in [3.05, 3.63) is 269 Å². The number of aromatic nitrogens is 4. The van der Waals surface area contributed by atoms with Crippen molar-refractivity contribution in [2.24, 2.45) is 0 Å². The molecule has 11 rings (SSSR count). The standard InChI is InChI=1S/C77H78N4O.Pt/c1-72(2,3)57-36-39-67-66(47-57)65-38-37-63(50-68(65)81(67)69-48-58(40-41-78-69)73(4,5)6)82-64-43-53(52-28-20-16-21-29-52)42-61(49-64)79-51-80(62-45-59(74(7,8)9)44-60(46-62)75(10,11)54-30-22-17-23-31-54)71(77(14,15)56-34-26-19-27-35-56)70(79)76(12,13)55-32-24-18-25-33-55;/h16-48H,1-15H3;/q-2;. The van der Waals surface area contributed by atoms with Crippen LogP contribution >= 0.6 is 0 Å². The van der Waals surface area contributed by atoms with Crippen LogP contribution in [-0.4, -0.2) is 14.1 Å². The molecule has 0 amide bonds. The van der Waals surface area contributed by atoms with Gasteiger partial charge in [-0.2, -0.15) is 12.1 Å². The average molecular weight is 1270 g/mol. The van der Waals surface area contributed by atoms with E-state index in [2.05, 4.69) is 330 Å². The van der Waals surface area contributed by atoms with Crippen LogP contribution in [0.5, 0.6) is 11.5 Å². The summed E-state index contributed by atoms with van der Waals surface area (Å²) in [6.07, 6.45) is 6.05. The van der Waals surface area contributed by atoms with Gasteiger partial charge in [-0.3, -0.25) is 4.57 Å². The molecule has 0 aliphatic carbocycles. The number of hydrogen-bond acceptors (Lipinski definition) is 2. The van der Waals surface area contributed by atoms with Gasteiger partial charge in [0.25, 0.3) is 6.33 Å². The molecule has 83 heavy (non-hydrogen) atoms. The van der Waals surface area contributed by atoms with E-state index in [0.29, 0.717) is 11.5 Å². The smallest absolute Gasteiger partial charge is 0.267 e. The molecule has 0 aliphatic heterocycles. The zero-order chi connectivity index (χ0) is 58.1. The van der Waals surface area contributed by atoms with E-state index < -0.39 is 10.8 Å². The summed E-state index contributed by atoms with van der Waals surface area (Å²) in [6, 6.07) is 78.0. The molecule has 0 saturated heterocycles. The Kier molecular flexibility index (Phi) is 15.4. The second-order valence-electron chi connectivity index (χ2n) is 27.1. The van der Waals surface area contributed by atoms with Gasteiger partial charge in [0.2, 0.25) is 0 Å². The summed E-state index contributed by atoms with van der Waals surface area (Å²) in [4.78, 5) is 5.02. The summed E-state index contributed by atoms with van der Waals surface area (Å²) >= 11 is 0. The fraction of sp³-hybridized carbons (Fsp3) is 0.273. The van der Waals surface area contributed by atoms with E-state index in [1.54, 1.807) is 0 Å². The summed E-state index contributed by atoms with van der Waals surface area (Å²) in [5, 5.41) is 2.23. The van der Waals surface area contributed by atoms with Gasteiger partial charge in [0.1, 0.15) is 5.82 Å². The van der Waals surface area contributed by atoms with Gasteiger partial charge in [-0.1, -0.05) is 249 Å². The molecule has 0 atom stereocenters. The Bertz CT molecular complexity index is 4130. The number of pyridine rings is 1. The Morgan fingerprint density at radius 1 is 0.422 bits per heavy atom. The third-order valence-electron chi connectivity index (χ3n) is 17.1. The Morgan fingerprint density at radius 2 is 0.964 bits per heavy atom. The second kappa shape index (κ2) is 21.9. The summed E-state index contributed by atoms with van der Waals surface area (Å²) in [5.74, 6) is 1.97. The molecule has 0 fully saturated rings. The Morgan fingerprint density at radius 3 is 1.55 bits per heavy atom. The second-order valence-corrected chi connectivity index (χ2v) is 27.1. The normalized spacial score (nSPS) is 12.7. The molecule has 5 nitrogen and oxygen atoms in total. The number of hydrogen-bond donors (Lipinski definition) is 0. The Labute approximate surface area is 508 Å². The van der Waals surface area contributed by atoms with Gasteiger partial charge in [0.15, 0.2) is 0 Å². The molecule has 0 saturated carbocycles. The predicted octanol–water partition coefficient (Wildman–Crippen LogP) is 19.0. The van der Waals surface area contributed by atoms with Crippen LogP contribution < -0.4 is 9.30 Å². The van der Waals surface area contributed by atoms with E-state index in [4.69, 9.17) is 9.72 Å². The molecular formula is C77H78N4OPt-2. The summed E-state index contributed by atoms with van der Waals surface area (Å²) in [5.41, 5.74) is 14.9. The number of benzene rings is 8. The third-order valence-corrected chi connectivity index (χ3v) is 17.1. The quantitative estimate of drug-likeness (QED) is 0.0903. The Hall–Kier alpha value is -7.59. The van der Waals surface area contributed by atoms with E-state index in [0.717, 1.165) is 61.5 Å². The van der Waals surface area contributed by atoms with Crippen LogP contribution in [0.4, 0.5) is 0 Å². The molecule has 3 aromatic heterocycles. The molecule has 0 bridgehead atoms. The van der Waals surface area contributed by atoms with Gasteiger partial charge >= 0.3 is 0 Å². The summed E-state index contributed by atoms with van der Waals surface area (Å²) in [7, 11) is 0. The SMILES string of the molecule is CC(C)(C)c1cc(-[n+]2[c-]n(-c3[c-]c(Oc4[c-]c5c(cc4)c4cc(C(C)(C)C)ccc4n5-c4cc(C(C)(C)C)ccn4)cc(-c4ccccc4)c3)c(C(C)(C)c3ccccc3)c2C(C)(C)c2ccccc2)cc(C(C)(C)c2ccccc2)c1.[Pt]. The monoisotopic (exact) mass is 1270 g/mol. The fourth-order valence-electron chi connectivity index (χ4n) is 11.8. The number of nitrogens with zero attached hydrogens (tertiary/aromatic N) is 4. The molecule has 11 aromatic rings. The number of imidazole rings is 1. The van der Waals surface area contributed by atoms with Gasteiger partial charge in [-0.05, 0) is 102 Å². The summed E-state index contributed by atoms with van der Waals surface area (Å²) in [6.45, 7) is 34.6. The van der Waals surface area contributed by atoms with Crippen molar-refractivity contribution in [3.8, 4) is 39.8 Å². The predicted molar refractivity (Wildman–Crippen MR) is 340 cm³/mol. The average Bonchev–Trinajstić information content (AvgIpc) is 1.99. The van der Waals surface area contributed by atoms with Crippen molar-refractivity contribution in [1.29, 1.82) is 0 Å². The van der Waals surface area contributed by atoms with Gasteiger partial charge in [0.05, 0.1) is 17.1 Å². The van der Waals surface area contributed by atoms with Crippen LogP contribution in [0.2, 0.25) is 0 Å². The molecule has 6 heteroatoms. The van der Waals surface area contributed by atoms with Crippen LogP contribution in [0, 0.1) is 18.5 Å². The molecule has 424 valence electrons. The van der Waals surface area contributed by atoms with Crippen LogP contribution in [0.25, 0.3) is 50.1 Å². The molecule has 0 aliphatic rings. The van der Waals surface area contributed by atoms with Crippen LogP contribution in [-0.2, 0) is 53.6 Å².